The molecule has 108 valence electrons. The van der Waals surface area contributed by atoms with Crippen molar-refractivity contribution in [3.8, 4) is 0 Å². The zero-order chi connectivity index (χ0) is 14.3. The Kier molecular flexibility index (Phi) is 6.81. The second kappa shape index (κ2) is 8.12. The van der Waals surface area contributed by atoms with Crippen LogP contribution in [0, 0.1) is 5.82 Å². The van der Waals surface area contributed by atoms with Crippen molar-refractivity contribution in [2.24, 2.45) is 5.73 Å². The van der Waals surface area contributed by atoms with Gasteiger partial charge in [0.25, 0.3) is 0 Å². The van der Waals surface area contributed by atoms with Crippen molar-refractivity contribution in [3.63, 3.8) is 0 Å². The first-order valence-electron chi connectivity index (χ1n) is 6.88. The maximum absolute atomic E-state index is 14.0. The van der Waals surface area contributed by atoms with E-state index in [0.29, 0.717) is 31.2 Å². The lowest BCUT2D eigenvalue weighted by Crippen LogP contribution is -2.36. The summed E-state index contributed by atoms with van der Waals surface area (Å²) >= 11 is 0. The number of ether oxygens (including phenoxy) is 1. The van der Waals surface area contributed by atoms with Crippen molar-refractivity contribution in [2.45, 2.75) is 32.7 Å². The molecule has 0 spiro atoms. The molecule has 0 saturated heterocycles. The predicted molar refractivity (Wildman–Crippen MR) is 78.1 cm³/mol. The molecule has 0 heterocycles. The monoisotopic (exact) mass is 268 g/mol. The van der Waals surface area contributed by atoms with Crippen molar-refractivity contribution in [1.82, 2.24) is 0 Å². The molecule has 3 nitrogen and oxygen atoms in total. The number of anilines is 1. The quantitative estimate of drug-likeness (QED) is 0.787. The molecule has 0 amide bonds. The Labute approximate surface area is 115 Å². The minimum Gasteiger partial charge on any atom is -0.383 e. The fraction of sp³-hybridized carbons (Fsp3) is 0.600. The Balaban J connectivity index is 3.09. The molecular weight excluding hydrogens is 243 g/mol. The summed E-state index contributed by atoms with van der Waals surface area (Å²) in [5.41, 5.74) is 7.25. The van der Waals surface area contributed by atoms with Gasteiger partial charge in [0.05, 0.1) is 6.61 Å². The second-order valence-corrected chi connectivity index (χ2v) is 4.72. The van der Waals surface area contributed by atoms with Gasteiger partial charge in [-0.1, -0.05) is 13.0 Å². The van der Waals surface area contributed by atoms with Crippen LogP contribution in [0.5, 0.6) is 0 Å². The standard InChI is InChI=1S/C15H25FN2O/c1-4-12(2)18(10-11-19-3)15-7-5-6-14(16)13(15)8-9-17/h5-7,12H,4,8-11,17H2,1-3H3. The van der Waals surface area contributed by atoms with Crippen LogP contribution in [-0.2, 0) is 11.2 Å². The van der Waals surface area contributed by atoms with Crippen molar-refractivity contribution in [1.29, 1.82) is 0 Å². The van der Waals surface area contributed by atoms with Crippen LogP contribution in [0.2, 0.25) is 0 Å². The van der Waals surface area contributed by atoms with Gasteiger partial charge in [0, 0.05) is 30.9 Å². The van der Waals surface area contributed by atoms with E-state index in [1.807, 2.05) is 6.07 Å². The van der Waals surface area contributed by atoms with Crippen LogP contribution in [0.15, 0.2) is 18.2 Å². The zero-order valence-electron chi connectivity index (χ0n) is 12.2. The fourth-order valence-corrected chi connectivity index (χ4v) is 2.20. The molecule has 0 fully saturated rings. The molecule has 1 aromatic carbocycles. The van der Waals surface area contributed by atoms with Crippen LogP contribution in [0.4, 0.5) is 10.1 Å². The molecule has 1 aromatic rings. The van der Waals surface area contributed by atoms with Crippen LogP contribution in [0.25, 0.3) is 0 Å². The van der Waals surface area contributed by atoms with E-state index in [1.165, 1.54) is 6.07 Å². The third-order valence-corrected chi connectivity index (χ3v) is 3.46. The first kappa shape index (κ1) is 15.9. The first-order valence-corrected chi connectivity index (χ1v) is 6.88. The van der Waals surface area contributed by atoms with Gasteiger partial charge in [-0.05, 0) is 38.4 Å². The van der Waals surface area contributed by atoms with Gasteiger partial charge < -0.3 is 15.4 Å². The number of halogens is 1. The van der Waals surface area contributed by atoms with Crippen LogP contribution >= 0.6 is 0 Å². The number of rotatable bonds is 8. The van der Waals surface area contributed by atoms with Gasteiger partial charge in [-0.25, -0.2) is 4.39 Å². The van der Waals surface area contributed by atoms with Crippen molar-refractivity contribution in [3.05, 3.63) is 29.6 Å². The topological polar surface area (TPSA) is 38.5 Å². The Bertz CT molecular complexity index is 384. The summed E-state index contributed by atoms with van der Waals surface area (Å²) in [6, 6.07) is 5.57. The summed E-state index contributed by atoms with van der Waals surface area (Å²) in [6.45, 7) is 6.11. The first-order chi connectivity index (χ1) is 9.15. The Hall–Kier alpha value is -1.13. The van der Waals surface area contributed by atoms with Gasteiger partial charge >= 0.3 is 0 Å². The molecular formula is C15H25FN2O. The number of methoxy groups -OCH3 is 1. The van der Waals surface area contributed by atoms with Gasteiger partial charge in [0.2, 0.25) is 0 Å². The average molecular weight is 268 g/mol. The summed E-state index contributed by atoms with van der Waals surface area (Å²) in [7, 11) is 1.68. The lowest BCUT2D eigenvalue weighted by molar-refractivity contribution is 0.203. The predicted octanol–water partition coefficient (Wildman–Crippen LogP) is 2.58. The smallest absolute Gasteiger partial charge is 0.128 e. The van der Waals surface area contributed by atoms with Gasteiger partial charge in [-0.2, -0.15) is 0 Å². The summed E-state index contributed by atoms with van der Waals surface area (Å²) < 4.78 is 19.1. The third-order valence-electron chi connectivity index (χ3n) is 3.46. The van der Waals surface area contributed by atoms with Crippen molar-refractivity contribution in [2.75, 3.05) is 31.7 Å². The van der Waals surface area contributed by atoms with Crippen LogP contribution in [0.1, 0.15) is 25.8 Å². The normalized spacial score (nSPS) is 12.5. The molecule has 0 radical (unpaired) electrons. The summed E-state index contributed by atoms with van der Waals surface area (Å²) in [6.07, 6.45) is 1.56. The van der Waals surface area contributed by atoms with E-state index in [0.717, 1.165) is 18.7 Å². The van der Waals surface area contributed by atoms with E-state index in [4.69, 9.17) is 10.5 Å². The second-order valence-electron chi connectivity index (χ2n) is 4.72. The molecule has 0 aliphatic heterocycles. The third kappa shape index (κ3) is 4.18. The summed E-state index contributed by atoms with van der Waals surface area (Å²) in [4.78, 5) is 2.21. The molecule has 0 saturated carbocycles. The van der Waals surface area contributed by atoms with Gasteiger partial charge in [-0.3, -0.25) is 0 Å². The molecule has 0 aromatic heterocycles. The fourth-order valence-electron chi connectivity index (χ4n) is 2.20. The molecule has 0 bridgehead atoms. The van der Waals surface area contributed by atoms with E-state index in [1.54, 1.807) is 13.2 Å². The molecule has 1 atom stereocenters. The Morgan fingerprint density at radius 3 is 2.74 bits per heavy atom. The van der Waals surface area contributed by atoms with Crippen LogP contribution < -0.4 is 10.6 Å². The van der Waals surface area contributed by atoms with Crippen molar-refractivity contribution < 1.29 is 9.13 Å². The summed E-state index contributed by atoms with van der Waals surface area (Å²) in [5.74, 6) is -0.173. The lowest BCUT2D eigenvalue weighted by Gasteiger charge is -2.32. The van der Waals surface area contributed by atoms with E-state index in [-0.39, 0.29) is 5.82 Å². The van der Waals surface area contributed by atoms with Crippen molar-refractivity contribution >= 4 is 5.69 Å². The molecule has 0 aliphatic rings. The van der Waals surface area contributed by atoms with E-state index in [9.17, 15) is 4.39 Å². The van der Waals surface area contributed by atoms with Gasteiger partial charge in [0.15, 0.2) is 0 Å². The molecule has 2 N–H and O–H groups in total. The minimum atomic E-state index is -0.173. The molecule has 1 rings (SSSR count). The summed E-state index contributed by atoms with van der Waals surface area (Å²) in [5, 5.41) is 0. The number of nitrogens with zero attached hydrogens (tertiary/aromatic N) is 1. The Morgan fingerprint density at radius 2 is 2.16 bits per heavy atom. The lowest BCUT2D eigenvalue weighted by atomic mass is 10.1. The highest BCUT2D eigenvalue weighted by atomic mass is 19.1. The zero-order valence-corrected chi connectivity index (χ0v) is 12.2. The highest BCUT2D eigenvalue weighted by molar-refractivity contribution is 5.55. The molecule has 1 unspecified atom stereocenters. The highest BCUT2D eigenvalue weighted by Crippen LogP contribution is 2.26. The number of nitrogens with two attached hydrogens (primary N) is 1. The molecule has 19 heavy (non-hydrogen) atoms. The maximum atomic E-state index is 14.0. The molecule has 0 aliphatic carbocycles. The van der Waals surface area contributed by atoms with E-state index >= 15 is 0 Å². The van der Waals surface area contributed by atoms with E-state index in [2.05, 4.69) is 18.7 Å². The maximum Gasteiger partial charge on any atom is 0.128 e. The van der Waals surface area contributed by atoms with Gasteiger partial charge in [0.1, 0.15) is 5.82 Å². The number of hydrogen-bond donors (Lipinski definition) is 1. The van der Waals surface area contributed by atoms with E-state index < -0.39 is 0 Å². The van der Waals surface area contributed by atoms with Gasteiger partial charge in [-0.15, -0.1) is 0 Å². The highest BCUT2D eigenvalue weighted by Gasteiger charge is 2.18. The number of hydrogen-bond acceptors (Lipinski definition) is 3. The molecule has 4 heteroatoms. The number of benzene rings is 1. The van der Waals surface area contributed by atoms with Crippen LogP contribution in [0.3, 0.4) is 0 Å². The largest absolute Gasteiger partial charge is 0.383 e. The van der Waals surface area contributed by atoms with Crippen LogP contribution in [-0.4, -0.2) is 32.8 Å². The average Bonchev–Trinajstić information content (AvgIpc) is 2.42. The Morgan fingerprint density at radius 1 is 1.42 bits per heavy atom. The minimum absolute atomic E-state index is 0.173. The SMILES string of the molecule is CCC(C)N(CCOC)c1cccc(F)c1CCN.